The van der Waals surface area contributed by atoms with E-state index in [-0.39, 0.29) is 6.42 Å². The van der Waals surface area contributed by atoms with Crippen LogP contribution in [0.5, 0.6) is 0 Å². The maximum Gasteiger partial charge on any atom is 0.303 e. The fourth-order valence-corrected chi connectivity index (χ4v) is 4.39. The summed E-state index contributed by atoms with van der Waals surface area (Å²) in [4.78, 5) is 23.4. The Hall–Kier alpha value is -1.66. The molecule has 0 amide bonds. The van der Waals surface area contributed by atoms with Gasteiger partial charge in [0.25, 0.3) is 0 Å². The van der Waals surface area contributed by atoms with Crippen LogP contribution in [0.1, 0.15) is 44.7 Å². The molecule has 0 saturated carbocycles. The molecule has 1 N–H and O–H groups in total. The number of rotatable bonds is 6. The minimum atomic E-state index is -0.691. The van der Waals surface area contributed by atoms with Crippen LogP contribution in [0.4, 0.5) is 5.82 Å². The lowest BCUT2D eigenvalue weighted by molar-refractivity contribution is -0.137. The van der Waals surface area contributed by atoms with Gasteiger partial charge in [-0.15, -0.1) is 0 Å². The highest BCUT2D eigenvalue weighted by Crippen LogP contribution is 2.30. The number of carbonyl (C=O) groups is 1. The molecule has 0 bridgehead atoms. The average Bonchev–Trinajstić information content (AvgIpc) is 2.67. The molecule has 27 heavy (non-hydrogen) atoms. The van der Waals surface area contributed by atoms with Gasteiger partial charge < -0.3 is 14.9 Å². The molecular formula is C21H34N4O2. The number of pyridine rings is 1. The summed E-state index contributed by atoms with van der Waals surface area (Å²) in [6.07, 6.45) is 2.08. The maximum absolute atomic E-state index is 11.2. The first kappa shape index (κ1) is 20.1. The zero-order valence-electron chi connectivity index (χ0n) is 17.0. The van der Waals surface area contributed by atoms with E-state index in [1.54, 1.807) is 0 Å². The zero-order chi connectivity index (χ0) is 19.4. The second-order valence-electron chi connectivity index (χ2n) is 8.41. The van der Waals surface area contributed by atoms with E-state index < -0.39 is 5.97 Å². The molecule has 150 valence electrons. The van der Waals surface area contributed by atoms with Crippen molar-refractivity contribution < 1.29 is 9.90 Å². The van der Waals surface area contributed by atoms with E-state index in [0.29, 0.717) is 17.9 Å². The third kappa shape index (κ3) is 5.20. The number of piperazine rings is 1. The van der Waals surface area contributed by atoms with Crippen LogP contribution in [0.3, 0.4) is 0 Å². The summed E-state index contributed by atoms with van der Waals surface area (Å²) in [6.45, 7) is 10.6. The predicted octanol–water partition coefficient (Wildman–Crippen LogP) is 2.51. The molecule has 3 heterocycles. The van der Waals surface area contributed by atoms with Crippen molar-refractivity contribution in [1.29, 1.82) is 0 Å². The molecular weight excluding hydrogens is 340 g/mol. The molecule has 2 aliphatic heterocycles. The van der Waals surface area contributed by atoms with Crippen LogP contribution in [-0.2, 0) is 4.79 Å². The van der Waals surface area contributed by atoms with Crippen molar-refractivity contribution >= 4 is 11.8 Å². The molecule has 2 saturated heterocycles. The van der Waals surface area contributed by atoms with Gasteiger partial charge in [0.05, 0.1) is 0 Å². The molecule has 6 nitrogen and oxygen atoms in total. The van der Waals surface area contributed by atoms with E-state index in [2.05, 4.69) is 53.8 Å². The lowest BCUT2D eigenvalue weighted by Gasteiger charge is -2.46. The number of hydrogen-bond donors (Lipinski definition) is 1. The number of anilines is 1. The molecule has 1 aromatic rings. The number of aromatic nitrogens is 1. The van der Waals surface area contributed by atoms with E-state index in [4.69, 9.17) is 4.98 Å². The van der Waals surface area contributed by atoms with Crippen molar-refractivity contribution in [3.63, 3.8) is 0 Å². The van der Waals surface area contributed by atoms with Crippen LogP contribution < -0.4 is 4.90 Å². The fourth-order valence-electron chi connectivity index (χ4n) is 4.39. The van der Waals surface area contributed by atoms with Gasteiger partial charge >= 0.3 is 5.97 Å². The van der Waals surface area contributed by atoms with Gasteiger partial charge in [-0.3, -0.25) is 9.69 Å². The summed E-state index contributed by atoms with van der Waals surface area (Å²) in [6, 6.07) is 6.77. The lowest BCUT2D eigenvalue weighted by Crippen LogP contribution is -2.56. The van der Waals surface area contributed by atoms with Crippen LogP contribution >= 0.6 is 0 Å². The molecule has 0 aliphatic carbocycles. The van der Waals surface area contributed by atoms with Crippen LogP contribution in [-0.4, -0.2) is 78.2 Å². The Labute approximate surface area is 163 Å². The third-order valence-corrected chi connectivity index (χ3v) is 6.10. The smallest absolute Gasteiger partial charge is 0.303 e. The van der Waals surface area contributed by atoms with Crippen molar-refractivity contribution in [2.75, 3.05) is 51.2 Å². The molecule has 3 rings (SSSR count). The van der Waals surface area contributed by atoms with Gasteiger partial charge in [0.15, 0.2) is 0 Å². The summed E-state index contributed by atoms with van der Waals surface area (Å²) in [5.74, 6) is 1.14. The van der Waals surface area contributed by atoms with Gasteiger partial charge in [0, 0.05) is 57.4 Å². The third-order valence-electron chi connectivity index (χ3n) is 6.10. The topological polar surface area (TPSA) is 59.9 Å². The van der Waals surface area contributed by atoms with Crippen molar-refractivity contribution in [2.45, 2.75) is 45.1 Å². The Morgan fingerprint density at radius 2 is 1.96 bits per heavy atom. The fraction of sp³-hybridized carbons (Fsp3) is 0.714. The number of carboxylic acids is 1. The van der Waals surface area contributed by atoms with Crippen molar-refractivity contribution in [1.82, 2.24) is 14.8 Å². The highest BCUT2D eigenvalue weighted by atomic mass is 16.4. The summed E-state index contributed by atoms with van der Waals surface area (Å²) in [5.41, 5.74) is 1.12. The van der Waals surface area contributed by atoms with E-state index in [0.717, 1.165) is 63.6 Å². The van der Waals surface area contributed by atoms with E-state index >= 15 is 0 Å². The molecule has 0 spiro atoms. The second kappa shape index (κ2) is 9.02. The van der Waals surface area contributed by atoms with E-state index in [9.17, 15) is 9.90 Å². The number of hydrogen-bond acceptors (Lipinski definition) is 5. The molecule has 2 fully saturated rings. The number of carboxylic acid groups (broad SMARTS) is 1. The molecule has 1 aromatic heterocycles. The van der Waals surface area contributed by atoms with E-state index in [1.165, 1.54) is 0 Å². The molecule has 0 radical (unpaired) electrons. The lowest BCUT2D eigenvalue weighted by atomic mass is 9.86. The molecule has 0 aromatic carbocycles. The summed E-state index contributed by atoms with van der Waals surface area (Å²) < 4.78 is 0. The van der Waals surface area contributed by atoms with Gasteiger partial charge in [-0.25, -0.2) is 4.98 Å². The van der Waals surface area contributed by atoms with Gasteiger partial charge in [-0.2, -0.15) is 0 Å². The minimum absolute atomic E-state index is 0.252. The normalized spacial score (nSPS) is 25.1. The Bertz CT molecular complexity index is 628. The summed E-state index contributed by atoms with van der Waals surface area (Å²) >= 11 is 0. The van der Waals surface area contributed by atoms with Gasteiger partial charge in [-0.05, 0) is 43.9 Å². The van der Waals surface area contributed by atoms with Crippen LogP contribution in [0, 0.1) is 5.92 Å². The second-order valence-corrected chi connectivity index (χ2v) is 8.41. The van der Waals surface area contributed by atoms with Crippen LogP contribution in [0.15, 0.2) is 18.2 Å². The largest absolute Gasteiger partial charge is 0.481 e. The Morgan fingerprint density at radius 3 is 2.63 bits per heavy atom. The predicted molar refractivity (Wildman–Crippen MR) is 108 cm³/mol. The van der Waals surface area contributed by atoms with Gasteiger partial charge in [0.1, 0.15) is 5.82 Å². The van der Waals surface area contributed by atoms with Gasteiger partial charge in [-0.1, -0.05) is 19.9 Å². The number of likely N-dealkylation sites (N-methyl/N-ethyl adjacent to an activating group) is 1. The maximum atomic E-state index is 11.2. The first-order chi connectivity index (χ1) is 12.9. The standard InChI is InChI=1S/C21H34N4O2/c1-16(2)18-5-4-6-20(22-18)25-10-9-19(17(15-25)7-8-21(26)27)24-13-11-23(3)12-14-24/h4-6,16-17,19H,7-15H2,1-3H3,(H,26,27)/t17-,19+/m0/s1. The first-order valence-corrected chi connectivity index (χ1v) is 10.3. The average molecular weight is 375 g/mol. The molecule has 0 unspecified atom stereocenters. The Balaban J connectivity index is 1.72. The van der Waals surface area contributed by atoms with Crippen molar-refractivity contribution in [3.8, 4) is 0 Å². The molecule has 2 aliphatic rings. The quantitative estimate of drug-likeness (QED) is 0.826. The van der Waals surface area contributed by atoms with Crippen molar-refractivity contribution in [3.05, 3.63) is 23.9 Å². The summed E-state index contributed by atoms with van der Waals surface area (Å²) in [5, 5.41) is 9.21. The Morgan fingerprint density at radius 1 is 1.22 bits per heavy atom. The zero-order valence-corrected chi connectivity index (χ0v) is 17.0. The number of nitrogens with zero attached hydrogens (tertiary/aromatic N) is 4. The molecule has 6 heteroatoms. The highest BCUT2D eigenvalue weighted by molar-refractivity contribution is 5.66. The minimum Gasteiger partial charge on any atom is -0.481 e. The monoisotopic (exact) mass is 374 g/mol. The van der Waals surface area contributed by atoms with Crippen LogP contribution in [0.2, 0.25) is 0 Å². The Kier molecular flexibility index (Phi) is 6.71. The van der Waals surface area contributed by atoms with E-state index in [1.807, 2.05) is 0 Å². The SMILES string of the molecule is CC(C)c1cccc(N2CC[C@@H](N3CCN(C)CC3)[C@@H](CCC(=O)O)C2)n1. The number of piperidine rings is 1. The molecule has 2 atom stereocenters. The van der Waals surface area contributed by atoms with Crippen molar-refractivity contribution in [2.24, 2.45) is 5.92 Å². The highest BCUT2D eigenvalue weighted by Gasteiger charge is 2.35. The summed E-state index contributed by atoms with van der Waals surface area (Å²) in [7, 11) is 2.18. The number of aliphatic carboxylic acids is 1. The first-order valence-electron chi connectivity index (χ1n) is 10.3. The van der Waals surface area contributed by atoms with Gasteiger partial charge in [0.2, 0.25) is 0 Å². The van der Waals surface area contributed by atoms with Crippen LogP contribution in [0.25, 0.3) is 0 Å².